The van der Waals surface area contributed by atoms with E-state index in [9.17, 15) is 0 Å². The fourth-order valence-electron chi connectivity index (χ4n) is 1.39. The molecule has 70 valence electrons. The maximum atomic E-state index is 8.92. The lowest BCUT2D eigenvalue weighted by atomic mass is 10.1. The van der Waals surface area contributed by atoms with Crippen molar-refractivity contribution in [3.8, 4) is 11.8 Å². The predicted molar refractivity (Wildman–Crippen MR) is 57.5 cm³/mol. The van der Waals surface area contributed by atoms with Crippen LogP contribution in [-0.2, 0) is 0 Å². The second-order valence-corrected chi connectivity index (χ2v) is 3.73. The zero-order valence-corrected chi connectivity index (χ0v) is 8.39. The molecule has 0 saturated carbocycles. The van der Waals surface area contributed by atoms with Gasteiger partial charge in [-0.2, -0.15) is 5.26 Å². The van der Waals surface area contributed by atoms with E-state index < -0.39 is 0 Å². The van der Waals surface area contributed by atoms with E-state index in [1.54, 1.807) is 0 Å². The summed E-state index contributed by atoms with van der Waals surface area (Å²) in [5, 5.41) is 11.9. The Kier molecular flexibility index (Phi) is 2.02. The predicted octanol–water partition coefficient (Wildman–Crippen LogP) is 2.36. The molecule has 0 saturated heterocycles. The Balaban J connectivity index is 2.88. The second-order valence-electron chi connectivity index (χ2n) is 2.82. The number of thiophene rings is 1. The van der Waals surface area contributed by atoms with Gasteiger partial charge in [-0.25, -0.2) is 0 Å². The third-order valence-corrected chi connectivity index (χ3v) is 3.04. The number of fused-ring (bicyclic) bond motifs is 1. The first-order valence-corrected chi connectivity index (χ1v) is 4.89. The van der Waals surface area contributed by atoms with Crippen LogP contribution in [0.2, 0.25) is 0 Å². The molecule has 0 unspecified atom stereocenters. The van der Waals surface area contributed by atoms with Gasteiger partial charge in [-0.1, -0.05) is 0 Å². The Labute approximate surface area is 85.3 Å². The maximum Gasteiger partial charge on any atom is 0.139 e. The van der Waals surface area contributed by atoms with Crippen LogP contribution in [0.3, 0.4) is 0 Å². The van der Waals surface area contributed by atoms with Crippen molar-refractivity contribution in [3.63, 3.8) is 0 Å². The molecule has 0 radical (unpaired) electrons. The van der Waals surface area contributed by atoms with E-state index in [1.165, 1.54) is 18.4 Å². The van der Waals surface area contributed by atoms with Gasteiger partial charge in [-0.15, -0.1) is 11.3 Å². The number of anilines is 1. The van der Waals surface area contributed by atoms with Crippen molar-refractivity contribution in [1.82, 2.24) is 0 Å². The van der Waals surface area contributed by atoms with Crippen LogP contribution in [-0.4, -0.2) is 7.11 Å². The summed E-state index contributed by atoms with van der Waals surface area (Å²) in [5.74, 6) is 0.538. The number of methoxy groups -OCH3 is 1. The van der Waals surface area contributed by atoms with Gasteiger partial charge in [0.25, 0.3) is 0 Å². The van der Waals surface area contributed by atoms with Gasteiger partial charge in [0.1, 0.15) is 17.4 Å². The summed E-state index contributed by atoms with van der Waals surface area (Å²) in [7, 11) is 1.54. The Hall–Kier alpha value is -1.73. The summed E-state index contributed by atoms with van der Waals surface area (Å²) in [4.78, 5) is 0. The Morgan fingerprint density at radius 3 is 3.00 bits per heavy atom. The number of nitrogens with two attached hydrogens (primary N) is 1. The average Bonchev–Trinajstić information content (AvgIpc) is 2.65. The van der Waals surface area contributed by atoms with Crippen molar-refractivity contribution in [2.75, 3.05) is 12.8 Å². The molecule has 0 atom stereocenters. The quantitative estimate of drug-likeness (QED) is 0.725. The van der Waals surface area contributed by atoms with E-state index in [4.69, 9.17) is 15.7 Å². The van der Waals surface area contributed by atoms with Crippen molar-refractivity contribution in [3.05, 3.63) is 23.1 Å². The molecule has 2 rings (SSSR count). The lowest BCUT2D eigenvalue weighted by molar-refractivity contribution is 0.414. The third kappa shape index (κ3) is 1.10. The number of hydrogen-bond acceptors (Lipinski definition) is 4. The molecule has 2 aromatic rings. The summed E-state index contributed by atoms with van der Waals surface area (Å²) in [5.41, 5.74) is 6.79. The van der Waals surface area contributed by atoms with Crippen molar-refractivity contribution < 1.29 is 4.74 Å². The lowest BCUT2D eigenvalue weighted by Crippen LogP contribution is -1.94. The van der Waals surface area contributed by atoms with Crippen LogP contribution in [0.15, 0.2) is 17.5 Å². The monoisotopic (exact) mass is 204 g/mol. The summed E-state index contributed by atoms with van der Waals surface area (Å²) in [6.07, 6.45) is 0. The maximum absolute atomic E-state index is 8.92. The second kappa shape index (κ2) is 3.20. The number of nitriles is 1. The van der Waals surface area contributed by atoms with Crippen LogP contribution in [0, 0.1) is 11.3 Å². The summed E-state index contributed by atoms with van der Waals surface area (Å²) >= 11 is 1.53. The van der Waals surface area contributed by atoms with Crippen molar-refractivity contribution in [2.24, 2.45) is 0 Å². The molecule has 0 fully saturated rings. The first-order valence-electron chi connectivity index (χ1n) is 4.01. The topological polar surface area (TPSA) is 59.0 Å². The van der Waals surface area contributed by atoms with E-state index in [2.05, 4.69) is 6.07 Å². The highest BCUT2D eigenvalue weighted by Crippen LogP contribution is 2.35. The van der Waals surface area contributed by atoms with Crippen LogP contribution in [0.25, 0.3) is 10.1 Å². The number of ether oxygens (including phenoxy) is 1. The van der Waals surface area contributed by atoms with Gasteiger partial charge in [0, 0.05) is 0 Å². The van der Waals surface area contributed by atoms with Gasteiger partial charge in [0.15, 0.2) is 0 Å². The van der Waals surface area contributed by atoms with Crippen molar-refractivity contribution >= 4 is 27.1 Å². The molecule has 1 heterocycles. The van der Waals surface area contributed by atoms with Gasteiger partial charge in [0.05, 0.1) is 17.5 Å². The van der Waals surface area contributed by atoms with Crippen LogP contribution in [0.4, 0.5) is 5.69 Å². The van der Waals surface area contributed by atoms with E-state index in [0.717, 1.165) is 10.1 Å². The molecule has 4 heteroatoms. The minimum absolute atomic E-state index is 0.419. The molecule has 2 N–H and O–H groups in total. The number of nitrogens with zero attached hydrogens (tertiary/aromatic N) is 1. The number of benzene rings is 1. The molecule has 0 aliphatic rings. The van der Waals surface area contributed by atoms with Gasteiger partial charge >= 0.3 is 0 Å². The number of hydrogen-bond donors (Lipinski definition) is 1. The highest BCUT2D eigenvalue weighted by molar-refractivity contribution is 7.17. The normalized spacial score (nSPS) is 10.0. The van der Waals surface area contributed by atoms with Gasteiger partial charge in [-0.3, -0.25) is 0 Å². The minimum atomic E-state index is 0.419. The van der Waals surface area contributed by atoms with Gasteiger partial charge in [-0.05, 0) is 22.9 Å². The fraction of sp³-hybridized carbons (Fsp3) is 0.100. The third-order valence-electron chi connectivity index (χ3n) is 2.07. The minimum Gasteiger partial charge on any atom is -0.495 e. The Morgan fingerprint density at radius 2 is 2.36 bits per heavy atom. The van der Waals surface area contributed by atoms with Gasteiger partial charge < -0.3 is 10.5 Å². The Bertz CT molecular complexity index is 525. The number of nitrogen functional groups attached to an aromatic ring is 1. The molecule has 0 spiro atoms. The lowest BCUT2D eigenvalue weighted by Gasteiger charge is -2.05. The standard InChI is InChI=1S/C10H8N2OS/c1-13-8-4-6-2-3-14-10(6)9(12)7(8)5-11/h2-4H,12H2,1H3. The van der Waals surface area contributed by atoms with E-state index in [-0.39, 0.29) is 0 Å². The molecule has 0 bridgehead atoms. The first kappa shape index (κ1) is 8.85. The molecule has 0 amide bonds. The molecule has 1 aromatic carbocycles. The van der Waals surface area contributed by atoms with Crippen LogP contribution in [0.5, 0.6) is 5.75 Å². The smallest absolute Gasteiger partial charge is 0.139 e. The summed E-state index contributed by atoms with van der Waals surface area (Å²) in [6, 6.07) is 5.85. The largest absolute Gasteiger partial charge is 0.495 e. The molecular formula is C10H8N2OS. The zero-order chi connectivity index (χ0) is 10.1. The zero-order valence-electron chi connectivity index (χ0n) is 7.57. The van der Waals surface area contributed by atoms with E-state index in [0.29, 0.717) is 17.0 Å². The van der Waals surface area contributed by atoms with Crippen molar-refractivity contribution in [1.29, 1.82) is 5.26 Å². The van der Waals surface area contributed by atoms with Crippen molar-refractivity contribution in [2.45, 2.75) is 0 Å². The molecule has 1 aromatic heterocycles. The van der Waals surface area contributed by atoms with Crippen LogP contribution >= 0.6 is 11.3 Å². The molecule has 3 nitrogen and oxygen atoms in total. The highest BCUT2D eigenvalue weighted by atomic mass is 32.1. The van der Waals surface area contributed by atoms with Crippen LogP contribution in [0.1, 0.15) is 5.56 Å². The van der Waals surface area contributed by atoms with E-state index >= 15 is 0 Å². The average molecular weight is 204 g/mol. The van der Waals surface area contributed by atoms with Gasteiger partial charge in [0.2, 0.25) is 0 Å². The highest BCUT2D eigenvalue weighted by Gasteiger charge is 2.11. The molecule has 14 heavy (non-hydrogen) atoms. The molecule has 0 aliphatic heterocycles. The fourth-order valence-corrected chi connectivity index (χ4v) is 2.23. The van der Waals surface area contributed by atoms with E-state index in [1.807, 2.05) is 17.5 Å². The van der Waals surface area contributed by atoms with Crippen LogP contribution < -0.4 is 10.5 Å². The molecular weight excluding hydrogens is 196 g/mol. The SMILES string of the molecule is COc1cc2ccsc2c(N)c1C#N. The number of rotatable bonds is 1. The summed E-state index contributed by atoms with van der Waals surface area (Å²) in [6.45, 7) is 0. The first-order chi connectivity index (χ1) is 6.77. The summed E-state index contributed by atoms with van der Waals surface area (Å²) < 4.78 is 6.04. The molecule has 0 aliphatic carbocycles. The Morgan fingerprint density at radius 1 is 1.57 bits per heavy atom.